The molecule has 7 bridgehead atoms. The van der Waals surface area contributed by atoms with Gasteiger partial charge >= 0.3 is 5.97 Å². The Morgan fingerprint density at radius 2 is 1.85 bits per heavy atom. The number of hydrazine groups is 1. The number of nitrogens with two attached hydrogens (primary N) is 2. The number of carbonyl (C=O) groups is 1. The second-order valence-corrected chi connectivity index (χ2v) is 12.4. The van der Waals surface area contributed by atoms with Gasteiger partial charge in [0.2, 0.25) is 0 Å². The molecule has 4 N–H and O–H groups in total. The Kier molecular flexibility index (Phi) is 9.95. The van der Waals surface area contributed by atoms with Gasteiger partial charge in [0, 0.05) is 32.1 Å². The van der Waals surface area contributed by atoms with E-state index in [0.717, 1.165) is 66.8 Å². The van der Waals surface area contributed by atoms with Crippen LogP contribution < -0.4 is 16.6 Å². The third kappa shape index (κ3) is 6.93. The molecule has 0 aromatic heterocycles. The van der Waals surface area contributed by atoms with E-state index in [1.807, 2.05) is 26.0 Å². The van der Waals surface area contributed by atoms with E-state index in [1.54, 1.807) is 5.01 Å². The van der Waals surface area contributed by atoms with Crippen molar-refractivity contribution < 1.29 is 23.2 Å². The van der Waals surface area contributed by atoms with Gasteiger partial charge in [-0.05, 0) is 67.0 Å². The summed E-state index contributed by atoms with van der Waals surface area (Å²) in [4.78, 5) is 12.8. The fourth-order valence-electron chi connectivity index (χ4n) is 6.03. The maximum Gasteiger partial charge on any atom is 0.306 e. The molecular formula is C30H43N5O5S. The first-order valence-corrected chi connectivity index (χ1v) is 15.7. The summed E-state index contributed by atoms with van der Waals surface area (Å²) >= 11 is -1.21. The maximum atomic E-state index is 13.6. The van der Waals surface area contributed by atoms with Crippen molar-refractivity contribution in [2.24, 2.45) is 5.84 Å². The van der Waals surface area contributed by atoms with Crippen molar-refractivity contribution in [3.05, 3.63) is 58.1 Å². The maximum absolute atomic E-state index is 13.6. The molecule has 1 saturated heterocycles. The molecule has 224 valence electrons. The van der Waals surface area contributed by atoms with Crippen molar-refractivity contribution in [1.29, 1.82) is 0 Å². The highest BCUT2D eigenvalue weighted by atomic mass is 32.2. The van der Waals surface area contributed by atoms with Gasteiger partial charge in [-0.25, -0.2) is 18.7 Å². The van der Waals surface area contributed by atoms with Gasteiger partial charge < -0.3 is 25.0 Å². The molecule has 0 saturated carbocycles. The van der Waals surface area contributed by atoms with Crippen LogP contribution in [0.15, 0.2) is 30.3 Å². The first kappa shape index (κ1) is 29.9. The van der Waals surface area contributed by atoms with Gasteiger partial charge in [-0.3, -0.25) is 4.79 Å². The van der Waals surface area contributed by atoms with Crippen LogP contribution in [-0.4, -0.2) is 77.5 Å². The van der Waals surface area contributed by atoms with Gasteiger partial charge in [-0.1, -0.05) is 24.3 Å². The molecule has 8 rings (SSSR count). The molecule has 6 aliphatic heterocycles. The molecule has 11 heteroatoms. The van der Waals surface area contributed by atoms with E-state index in [1.165, 1.54) is 5.56 Å². The molecule has 6 heterocycles. The van der Waals surface area contributed by atoms with E-state index in [9.17, 15) is 9.00 Å². The molecule has 1 fully saturated rings. The second kappa shape index (κ2) is 13.6. The van der Waals surface area contributed by atoms with Crippen LogP contribution in [0.1, 0.15) is 59.9 Å². The SMILES string of the molecule is CCOC(=O)CC1c2ccc3c(c2)CN(CC3)S(=O)N2CCC(CC2)OCCOCCN(N)c2ccc1c(C)c2N. The van der Waals surface area contributed by atoms with Crippen molar-refractivity contribution in [2.75, 3.05) is 63.3 Å². The molecular weight excluding hydrogens is 542 g/mol. The fourth-order valence-corrected chi connectivity index (χ4v) is 7.38. The van der Waals surface area contributed by atoms with Gasteiger partial charge in [-0.15, -0.1) is 0 Å². The number of rotatable bonds is 3. The number of piperidine rings is 1. The normalized spacial score (nSPS) is 27.3. The van der Waals surface area contributed by atoms with Crippen molar-refractivity contribution in [3.63, 3.8) is 0 Å². The quantitative estimate of drug-likeness (QED) is 0.320. The lowest BCUT2D eigenvalue weighted by atomic mass is 9.83. The van der Waals surface area contributed by atoms with E-state index < -0.39 is 11.2 Å². The average Bonchev–Trinajstić information content (AvgIpc) is 2.98. The van der Waals surface area contributed by atoms with Crippen molar-refractivity contribution in [2.45, 2.75) is 58.1 Å². The number of hydrogen-bond acceptors (Lipinski definition) is 8. The number of nitrogens with zero attached hydrogens (tertiary/aromatic N) is 3. The van der Waals surface area contributed by atoms with Crippen LogP contribution in [0.25, 0.3) is 0 Å². The predicted molar refractivity (Wildman–Crippen MR) is 160 cm³/mol. The summed E-state index contributed by atoms with van der Waals surface area (Å²) in [5.74, 6) is 5.89. The Balaban J connectivity index is 1.50. The highest BCUT2D eigenvalue weighted by Crippen LogP contribution is 2.38. The molecule has 0 amide bonds. The van der Waals surface area contributed by atoms with Crippen LogP contribution in [0.4, 0.5) is 11.4 Å². The predicted octanol–water partition coefficient (Wildman–Crippen LogP) is 2.79. The van der Waals surface area contributed by atoms with Gasteiger partial charge in [0.25, 0.3) is 0 Å². The molecule has 3 unspecified atom stereocenters. The highest BCUT2D eigenvalue weighted by Gasteiger charge is 2.30. The van der Waals surface area contributed by atoms with Crippen molar-refractivity contribution in [3.8, 4) is 0 Å². The molecule has 0 aliphatic carbocycles. The number of ether oxygens (including phenoxy) is 3. The lowest BCUT2D eigenvalue weighted by Crippen LogP contribution is -2.46. The highest BCUT2D eigenvalue weighted by molar-refractivity contribution is 7.80. The van der Waals surface area contributed by atoms with Gasteiger partial charge in [0.1, 0.15) is 0 Å². The lowest BCUT2D eigenvalue weighted by molar-refractivity contribution is -0.143. The first-order chi connectivity index (χ1) is 19.9. The van der Waals surface area contributed by atoms with Crippen LogP contribution in [0.3, 0.4) is 0 Å². The van der Waals surface area contributed by atoms with E-state index in [2.05, 4.69) is 26.8 Å². The Morgan fingerprint density at radius 1 is 1.05 bits per heavy atom. The average molecular weight is 586 g/mol. The minimum atomic E-state index is -1.21. The standard InChI is InChI=1S/C30H43N5O5S/c1-3-39-29(36)19-27-23-5-4-22-8-11-34(20-24(22)18-23)41(37)33-12-9-25(10-13-33)40-17-16-38-15-14-35(32)28-7-6-26(27)21(2)30(28)31/h4-7,18,25,27H,3,8-17,19-20,31-32H2,1-2H3. The molecule has 3 atom stereocenters. The minimum absolute atomic E-state index is 0.151. The molecule has 0 radical (unpaired) electrons. The molecule has 10 nitrogen and oxygen atoms in total. The van der Waals surface area contributed by atoms with Gasteiger partial charge in [0.15, 0.2) is 11.2 Å². The van der Waals surface area contributed by atoms with Crippen LogP contribution in [0.5, 0.6) is 0 Å². The summed E-state index contributed by atoms with van der Waals surface area (Å²) in [6, 6.07) is 10.4. The second-order valence-electron chi connectivity index (χ2n) is 11.0. The number of nitrogen functional groups attached to an aromatic ring is 1. The van der Waals surface area contributed by atoms with Crippen LogP contribution >= 0.6 is 0 Å². The van der Waals surface area contributed by atoms with E-state index in [-0.39, 0.29) is 24.4 Å². The zero-order chi connectivity index (χ0) is 28.9. The number of carbonyl (C=O) groups excluding carboxylic acids is 1. The monoisotopic (exact) mass is 585 g/mol. The summed E-state index contributed by atoms with van der Waals surface area (Å²) in [7, 11) is 0. The Morgan fingerprint density at radius 3 is 2.63 bits per heavy atom. The third-order valence-corrected chi connectivity index (χ3v) is 9.97. The zero-order valence-corrected chi connectivity index (χ0v) is 25.0. The zero-order valence-electron chi connectivity index (χ0n) is 24.2. The summed E-state index contributed by atoms with van der Waals surface area (Å²) in [5, 5.41) is 1.61. The van der Waals surface area contributed by atoms with Crippen LogP contribution in [0, 0.1) is 6.92 Å². The Hall–Kier alpha value is -2.54. The molecule has 0 spiro atoms. The molecule has 6 aliphatic rings. The van der Waals surface area contributed by atoms with E-state index in [4.69, 9.17) is 25.8 Å². The van der Waals surface area contributed by atoms with E-state index >= 15 is 0 Å². The van der Waals surface area contributed by atoms with Crippen molar-refractivity contribution >= 4 is 28.5 Å². The van der Waals surface area contributed by atoms with Gasteiger partial charge in [0.05, 0.1) is 56.9 Å². The summed E-state index contributed by atoms with van der Waals surface area (Å²) in [5.41, 5.74) is 13.2. The van der Waals surface area contributed by atoms with Crippen LogP contribution in [0.2, 0.25) is 0 Å². The number of anilines is 2. The molecule has 41 heavy (non-hydrogen) atoms. The lowest BCUT2D eigenvalue weighted by Gasteiger charge is -2.36. The number of esters is 1. The largest absolute Gasteiger partial charge is 0.466 e. The summed E-state index contributed by atoms with van der Waals surface area (Å²) < 4.78 is 34.9. The number of hydrogen-bond donors (Lipinski definition) is 2. The van der Waals surface area contributed by atoms with E-state index in [0.29, 0.717) is 45.2 Å². The summed E-state index contributed by atoms with van der Waals surface area (Å²) in [6.07, 6.45) is 2.87. The Bertz CT molecular complexity index is 1250. The van der Waals surface area contributed by atoms with Crippen molar-refractivity contribution in [1.82, 2.24) is 8.61 Å². The topological polar surface area (TPSA) is 124 Å². The first-order valence-electron chi connectivity index (χ1n) is 14.7. The minimum Gasteiger partial charge on any atom is -0.466 e. The fraction of sp³-hybridized carbons (Fsp3) is 0.567. The number of benzene rings is 2. The Labute approximate surface area is 245 Å². The molecule has 2 aromatic rings. The smallest absolute Gasteiger partial charge is 0.306 e. The summed E-state index contributed by atoms with van der Waals surface area (Å²) in [6.45, 7) is 8.83. The van der Waals surface area contributed by atoms with Crippen LogP contribution in [-0.2, 0) is 43.1 Å². The van der Waals surface area contributed by atoms with Gasteiger partial charge in [-0.2, -0.15) is 0 Å². The third-order valence-electron chi connectivity index (χ3n) is 8.41. The molecule has 2 aromatic carbocycles.